The highest BCUT2D eigenvalue weighted by Crippen LogP contribution is 2.21. The van der Waals surface area contributed by atoms with Crippen molar-refractivity contribution in [2.75, 3.05) is 0 Å². The SMILES string of the molecule is C/C(N)=C(\C=C/C(C)Cl)C(=O)NCc1ccc(Oc2ccccc2)cc1. The summed E-state index contributed by atoms with van der Waals surface area (Å²) in [6.07, 6.45) is 3.38. The summed E-state index contributed by atoms with van der Waals surface area (Å²) in [5.74, 6) is 1.29. The Morgan fingerprint density at radius 2 is 1.77 bits per heavy atom. The zero-order chi connectivity index (χ0) is 18.9. The van der Waals surface area contributed by atoms with Gasteiger partial charge in [-0.25, -0.2) is 0 Å². The van der Waals surface area contributed by atoms with Crippen LogP contribution in [-0.2, 0) is 11.3 Å². The maximum absolute atomic E-state index is 12.3. The molecule has 2 rings (SSSR count). The molecule has 5 heteroatoms. The normalized spacial score (nSPS) is 13.2. The van der Waals surface area contributed by atoms with Gasteiger partial charge >= 0.3 is 0 Å². The summed E-state index contributed by atoms with van der Waals surface area (Å²) in [6.45, 7) is 3.90. The maximum atomic E-state index is 12.3. The van der Waals surface area contributed by atoms with Crippen molar-refractivity contribution in [1.29, 1.82) is 0 Å². The van der Waals surface area contributed by atoms with Gasteiger partial charge in [-0.3, -0.25) is 4.79 Å². The van der Waals surface area contributed by atoms with E-state index in [0.29, 0.717) is 17.8 Å². The molecule has 1 unspecified atom stereocenters. The number of nitrogens with two attached hydrogens (primary N) is 1. The molecule has 1 amide bonds. The van der Waals surface area contributed by atoms with E-state index in [0.717, 1.165) is 17.1 Å². The molecule has 0 radical (unpaired) electrons. The largest absolute Gasteiger partial charge is 0.457 e. The first-order valence-corrected chi connectivity index (χ1v) is 8.78. The predicted octanol–water partition coefficient (Wildman–Crippen LogP) is 4.51. The molecule has 0 bridgehead atoms. The standard InChI is InChI=1S/C21H23ClN2O2/c1-15(22)8-13-20(16(2)23)21(25)24-14-17-9-11-19(12-10-17)26-18-6-4-3-5-7-18/h3-13,15H,14,23H2,1-2H3,(H,24,25)/b13-8-,20-16-. The number of allylic oxidation sites excluding steroid dienone is 2. The van der Waals surface area contributed by atoms with Crippen molar-refractivity contribution in [3.8, 4) is 11.5 Å². The molecule has 136 valence electrons. The number of hydrogen-bond acceptors (Lipinski definition) is 3. The van der Waals surface area contributed by atoms with Gasteiger partial charge in [-0.1, -0.05) is 42.5 Å². The Morgan fingerprint density at radius 3 is 2.35 bits per heavy atom. The first-order valence-electron chi connectivity index (χ1n) is 8.34. The number of carbonyl (C=O) groups is 1. The Balaban J connectivity index is 1.94. The van der Waals surface area contributed by atoms with Crippen LogP contribution in [0, 0.1) is 0 Å². The van der Waals surface area contributed by atoms with Crippen molar-refractivity contribution in [1.82, 2.24) is 5.32 Å². The molecule has 0 fully saturated rings. The molecular formula is C21H23ClN2O2. The Labute approximate surface area is 159 Å². The molecule has 2 aromatic rings. The number of benzene rings is 2. The van der Waals surface area contributed by atoms with Gasteiger partial charge in [0.2, 0.25) is 0 Å². The zero-order valence-electron chi connectivity index (χ0n) is 14.9. The van der Waals surface area contributed by atoms with Crippen LogP contribution in [0.25, 0.3) is 0 Å². The van der Waals surface area contributed by atoms with Crippen molar-refractivity contribution in [3.63, 3.8) is 0 Å². The lowest BCUT2D eigenvalue weighted by Crippen LogP contribution is -2.25. The zero-order valence-corrected chi connectivity index (χ0v) is 15.7. The van der Waals surface area contributed by atoms with Gasteiger partial charge in [0.1, 0.15) is 11.5 Å². The van der Waals surface area contributed by atoms with E-state index in [9.17, 15) is 4.79 Å². The number of nitrogens with one attached hydrogen (secondary N) is 1. The molecule has 0 aliphatic rings. The number of halogens is 1. The highest BCUT2D eigenvalue weighted by atomic mass is 35.5. The summed E-state index contributed by atoms with van der Waals surface area (Å²) in [6, 6.07) is 17.1. The van der Waals surface area contributed by atoms with Crippen LogP contribution in [0.4, 0.5) is 0 Å². The number of rotatable bonds is 7. The monoisotopic (exact) mass is 370 g/mol. The average Bonchev–Trinajstić information content (AvgIpc) is 2.61. The summed E-state index contributed by atoms with van der Waals surface area (Å²) >= 11 is 5.88. The van der Waals surface area contributed by atoms with Crippen molar-refractivity contribution in [3.05, 3.63) is 83.6 Å². The minimum atomic E-state index is -0.233. The van der Waals surface area contributed by atoms with Crippen molar-refractivity contribution in [2.24, 2.45) is 5.73 Å². The number of ether oxygens (including phenoxy) is 1. The van der Waals surface area contributed by atoms with Gasteiger partial charge in [0.15, 0.2) is 0 Å². The number of alkyl halides is 1. The van der Waals surface area contributed by atoms with Crippen molar-refractivity contribution >= 4 is 17.5 Å². The van der Waals surface area contributed by atoms with E-state index < -0.39 is 0 Å². The van der Waals surface area contributed by atoms with E-state index in [1.807, 2.05) is 61.5 Å². The number of para-hydroxylation sites is 1. The molecule has 3 N–H and O–H groups in total. The van der Waals surface area contributed by atoms with Gasteiger partial charge in [0.25, 0.3) is 5.91 Å². The van der Waals surface area contributed by atoms with Crippen LogP contribution >= 0.6 is 11.6 Å². The highest BCUT2D eigenvalue weighted by molar-refractivity contribution is 6.21. The molecule has 4 nitrogen and oxygen atoms in total. The lowest BCUT2D eigenvalue weighted by atomic mass is 10.1. The van der Waals surface area contributed by atoms with Crippen LogP contribution in [0.15, 0.2) is 78.0 Å². The molecule has 0 saturated carbocycles. The molecule has 0 aliphatic carbocycles. The minimum Gasteiger partial charge on any atom is -0.457 e. The molecule has 0 aromatic heterocycles. The molecule has 0 saturated heterocycles. The van der Waals surface area contributed by atoms with Crippen LogP contribution < -0.4 is 15.8 Å². The summed E-state index contributed by atoms with van der Waals surface area (Å²) in [4.78, 5) is 12.3. The molecule has 0 spiro atoms. The summed E-state index contributed by atoms with van der Waals surface area (Å²) in [5.41, 5.74) is 7.62. The van der Waals surface area contributed by atoms with Gasteiger partial charge in [-0.15, -0.1) is 11.6 Å². The van der Waals surface area contributed by atoms with Crippen LogP contribution in [0.3, 0.4) is 0 Å². The van der Waals surface area contributed by atoms with E-state index in [4.69, 9.17) is 22.1 Å². The fourth-order valence-electron chi connectivity index (χ4n) is 2.19. The first kappa shape index (κ1) is 19.6. The van der Waals surface area contributed by atoms with Crippen LogP contribution in [0.1, 0.15) is 19.4 Å². The van der Waals surface area contributed by atoms with E-state index in [2.05, 4.69) is 5.32 Å². The fourth-order valence-corrected chi connectivity index (χ4v) is 2.27. The summed E-state index contributed by atoms with van der Waals surface area (Å²) < 4.78 is 5.75. The summed E-state index contributed by atoms with van der Waals surface area (Å²) in [5, 5.41) is 2.69. The van der Waals surface area contributed by atoms with E-state index in [1.165, 1.54) is 0 Å². The number of carbonyl (C=O) groups excluding carboxylic acids is 1. The molecule has 1 atom stereocenters. The third kappa shape index (κ3) is 6.30. The minimum absolute atomic E-state index is 0.172. The van der Waals surface area contributed by atoms with Gasteiger partial charge in [0, 0.05) is 17.6 Å². The predicted molar refractivity (Wildman–Crippen MR) is 106 cm³/mol. The van der Waals surface area contributed by atoms with E-state index in [1.54, 1.807) is 19.1 Å². The van der Waals surface area contributed by atoms with Crippen LogP contribution in [-0.4, -0.2) is 11.3 Å². The first-order chi connectivity index (χ1) is 12.5. The fraction of sp³-hybridized carbons (Fsp3) is 0.190. The van der Waals surface area contributed by atoms with Gasteiger partial charge in [-0.2, -0.15) is 0 Å². The van der Waals surface area contributed by atoms with Crippen LogP contribution in [0.2, 0.25) is 0 Å². The Kier molecular flexibility index (Phi) is 7.30. The highest BCUT2D eigenvalue weighted by Gasteiger charge is 2.09. The average molecular weight is 371 g/mol. The van der Waals surface area contributed by atoms with Gasteiger partial charge < -0.3 is 15.8 Å². The van der Waals surface area contributed by atoms with Gasteiger partial charge in [-0.05, 0) is 43.7 Å². The van der Waals surface area contributed by atoms with E-state index >= 15 is 0 Å². The topological polar surface area (TPSA) is 64.4 Å². The lowest BCUT2D eigenvalue weighted by molar-refractivity contribution is -0.117. The molecule has 2 aromatic carbocycles. The second kappa shape index (κ2) is 9.68. The quantitative estimate of drug-likeness (QED) is 0.428. The third-order valence-electron chi connectivity index (χ3n) is 3.55. The number of hydrogen-bond donors (Lipinski definition) is 2. The second-order valence-corrected chi connectivity index (χ2v) is 6.56. The van der Waals surface area contributed by atoms with Crippen LogP contribution in [0.5, 0.6) is 11.5 Å². The maximum Gasteiger partial charge on any atom is 0.253 e. The summed E-state index contributed by atoms with van der Waals surface area (Å²) in [7, 11) is 0. The van der Waals surface area contributed by atoms with Gasteiger partial charge in [0.05, 0.1) is 5.57 Å². The lowest BCUT2D eigenvalue weighted by Gasteiger charge is -2.09. The molecule has 0 aliphatic heterocycles. The Bertz CT molecular complexity index is 777. The molecule has 0 heterocycles. The van der Waals surface area contributed by atoms with Crippen molar-refractivity contribution in [2.45, 2.75) is 25.8 Å². The molecular weight excluding hydrogens is 348 g/mol. The third-order valence-corrected chi connectivity index (χ3v) is 3.70. The Morgan fingerprint density at radius 1 is 1.15 bits per heavy atom. The number of amides is 1. The van der Waals surface area contributed by atoms with E-state index in [-0.39, 0.29) is 11.3 Å². The Hall–Kier alpha value is -2.72. The van der Waals surface area contributed by atoms with Crippen molar-refractivity contribution < 1.29 is 9.53 Å². The smallest absolute Gasteiger partial charge is 0.253 e. The second-order valence-electron chi connectivity index (χ2n) is 5.88. The molecule has 26 heavy (non-hydrogen) atoms.